The van der Waals surface area contributed by atoms with E-state index in [4.69, 9.17) is 0 Å². The van der Waals surface area contributed by atoms with Crippen molar-refractivity contribution in [3.63, 3.8) is 0 Å². The Morgan fingerprint density at radius 1 is 1.09 bits per heavy atom. The average molecular weight is 334 g/mol. The fourth-order valence-corrected chi connectivity index (χ4v) is 2.83. The molecule has 2 aromatic rings. The summed E-state index contributed by atoms with van der Waals surface area (Å²) in [5, 5.41) is 12.3. The molecule has 0 heterocycles. The zero-order valence-corrected chi connectivity index (χ0v) is 13.4. The quantitative estimate of drug-likeness (QED) is 0.743. The molecule has 1 amide bonds. The summed E-state index contributed by atoms with van der Waals surface area (Å²) in [4.78, 5) is 12.0. The number of phenolic OH excluding ortho intramolecular Hbond substituents is 1. The second-order valence-corrected chi connectivity index (χ2v) is 6.91. The Bertz CT molecular complexity index is 803. The van der Waals surface area contributed by atoms with E-state index >= 15 is 0 Å². The minimum absolute atomic E-state index is 0.0844. The molecule has 7 heteroatoms. The summed E-state index contributed by atoms with van der Waals surface area (Å²) in [5.74, 6) is -0.597. The molecule has 6 nitrogen and oxygen atoms in total. The van der Waals surface area contributed by atoms with Crippen LogP contribution in [0.5, 0.6) is 5.75 Å². The first-order valence-corrected chi connectivity index (χ1v) is 8.62. The number of benzene rings is 2. The molecule has 0 atom stereocenters. The summed E-state index contributed by atoms with van der Waals surface area (Å²) in [7, 11) is -1.97. The zero-order chi connectivity index (χ0) is 16.9. The van der Waals surface area contributed by atoms with Crippen LogP contribution in [0.3, 0.4) is 0 Å². The van der Waals surface area contributed by atoms with Crippen LogP contribution in [0.2, 0.25) is 0 Å². The van der Waals surface area contributed by atoms with Gasteiger partial charge in [-0.1, -0.05) is 36.4 Å². The minimum atomic E-state index is -3.34. The number of hydrogen-bond acceptors (Lipinski definition) is 4. The molecule has 0 fully saturated rings. The Balaban J connectivity index is 2.04. The molecule has 2 rings (SSSR count). The van der Waals surface area contributed by atoms with Crippen LogP contribution in [0.15, 0.2) is 48.5 Å². The lowest BCUT2D eigenvalue weighted by Crippen LogP contribution is -2.23. The van der Waals surface area contributed by atoms with Crippen LogP contribution in [-0.4, -0.2) is 26.5 Å². The maximum Gasteiger partial charge on any atom is 0.255 e. The van der Waals surface area contributed by atoms with Crippen molar-refractivity contribution >= 4 is 15.9 Å². The minimum Gasteiger partial charge on any atom is -0.507 e. The molecular formula is C16H18N2O4S. The molecule has 0 aromatic heterocycles. The largest absolute Gasteiger partial charge is 0.507 e. The van der Waals surface area contributed by atoms with Crippen LogP contribution in [0.25, 0.3) is 0 Å². The van der Waals surface area contributed by atoms with Crippen molar-refractivity contribution in [3.8, 4) is 5.75 Å². The molecule has 0 bridgehead atoms. The lowest BCUT2D eigenvalue weighted by molar-refractivity contribution is 0.0948. The molecule has 0 aliphatic heterocycles. The van der Waals surface area contributed by atoms with E-state index in [2.05, 4.69) is 10.0 Å². The van der Waals surface area contributed by atoms with E-state index in [0.717, 1.165) is 5.56 Å². The van der Waals surface area contributed by atoms with Gasteiger partial charge in [0.1, 0.15) is 5.75 Å². The van der Waals surface area contributed by atoms with Gasteiger partial charge in [-0.3, -0.25) is 4.79 Å². The van der Waals surface area contributed by atoms with Crippen LogP contribution < -0.4 is 10.0 Å². The predicted molar refractivity (Wildman–Crippen MR) is 87.4 cm³/mol. The smallest absolute Gasteiger partial charge is 0.255 e. The molecule has 3 N–H and O–H groups in total. The summed E-state index contributed by atoms with van der Waals surface area (Å²) in [6.07, 6.45) is 0. The molecule has 0 saturated carbocycles. The SMILES string of the molecule is CNS(=O)(=O)Cc1cccc(CNC(=O)c2ccccc2O)c1. The zero-order valence-electron chi connectivity index (χ0n) is 12.6. The van der Waals surface area contributed by atoms with E-state index in [0.29, 0.717) is 5.56 Å². The lowest BCUT2D eigenvalue weighted by atomic mass is 10.1. The van der Waals surface area contributed by atoms with Gasteiger partial charge in [0.15, 0.2) is 0 Å². The van der Waals surface area contributed by atoms with E-state index in [9.17, 15) is 18.3 Å². The lowest BCUT2D eigenvalue weighted by Gasteiger charge is -2.08. The van der Waals surface area contributed by atoms with Gasteiger partial charge in [-0.25, -0.2) is 13.1 Å². The average Bonchev–Trinajstić information content (AvgIpc) is 2.53. The molecule has 0 radical (unpaired) electrons. The van der Waals surface area contributed by atoms with Crippen LogP contribution in [-0.2, 0) is 22.3 Å². The highest BCUT2D eigenvalue weighted by Crippen LogP contribution is 2.15. The second kappa shape index (κ2) is 7.26. The van der Waals surface area contributed by atoms with E-state index in [1.807, 2.05) is 0 Å². The molecule has 122 valence electrons. The van der Waals surface area contributed by atoms with Gasteiger partial charge in [0, 0.05) is 6.54 Å². The summed E-state index contributed by atoms with van der Waals surface area (Å²) < 4.78 is 25.4. The number of rotatable bonds is 6. The Morgan fingerprint density at radius 2 is 1.78 bits per heavy atom. The number of carbonyl (C=O) groups excluding carboxylic acids is 1. The van der Waals surface area contributed by atoms with Crippen molar-refractivity contribution in [2.24, 2.45) is 0 Å². The van der Waals surface area contributed by atoms with Crippen molar-refractivity contribution in [1.29, 1.82) is 0 Å². The number of hydrogen-bond donors (Lipinski definition) is 3. The first kappa shape index (κ1) is 17.0. The third-order valence-corrected chi connectivity index (χ3v) is 4.60. The Morgan fingerprint density at radius 3 is 2.48 bits per heavy atom. The van der Waals surface area contributed by atoms with Crippen LogP contribution in [0, 0.1) is 0 Å². The van der Waals surface area contributed by atoms with Gasteiger partial charge in [-0.05, 0) is 30.3 Å². The van der Waals surface area contributed by atoms with Crippen LogP contribution >= 0.6 is 0 Å². The van der Waals surface area contributed by atoms with Crippen molar-refractivity contribution < 1.29 is 18.3 Å². The molecule has 23 heavy (non-hydrogen) atoms. The highest BCUT2D eigenvalue weighted by molar-refractivity contribution is 7.88. The number of nitrogens with one attached hydrogen (secondary N) is 2. The number of amides is 1. The highest BCUT2D eigenvalue weighted by Gasteiger charge is 2.11. The van der Waals surface area contributed by atoms with E-state index in [-0.39, 0.29) is 23.6 Å². The van der Waals surface area contributed by atoms with E-state index in [1.165, 1.54) is 19.2 Å². The van der Waals surface area contributed by atoms with Gasteiger partial charge in [-0.15, -0.1) is 0 Å². The third-order valence-electron chi connectivity index (χ3n) is 3.26. The summed E-state index contributed by atoms with van der Waals surface area (Å²) >= 11 is 0. The summed E-state index contributed by atoms with van der Waals surface area (Å²) in [5.41, 5.74) is 1.60. The molecule has 0 aliphatic rings. The number of carbonyl (C=O) groups is 1. The normalized spacial score (nSPS) is 11.2. The Kier molecular flexibility index (Phi) is 5.36. The molecular weight excluding hydrogens is 316 g/mol. The van der Waals surface area contributed by atoms with Crippen molar-refractivity contribution in [3.05, 3.63) is 65.2 Å². The molecule has 2 aromatic carbocycles. The Hall–Kier alpha value is -2.38. The van der Waals surface area contributed by atoms with Gasteiger partial charge in [0.05, 0.1) is 11.3 Å². The highest BCUT2D eigenvalue weighted by atomic mass is 32.2. The summed E-state index contributed by atoms with van der Waals surface area (Å²) in [6.45, 7) is 0.237. The topological polar surface area (TPSA) is 95.5 Å². The number of para-hydroxylation sites is 1. The number of sulfonamides is 1. The molecule has 0 spiro atoms. The van der Waals surface area contributed by atoms with Crippen molar-refractivity contribution in [2.75, 3.05) is 7.05 Å². The fraction of sp³-hybridized carbons (Fsp3) is 0.188. The van der Waals surface area contributed by atoms with Gasteiger partial charge in [0.25, 0.3) is 5.91 Å². The second-order valence-electron chi connectivity index (χ2n) is 4.98. The molecule has 0 saturated heterocycles. The standard InChI is InChI=1S/C16H18N2O4S/c1-17-23(21,22)11-13-6-4-5-12(9-13)10-18-16(20)14-7-2-3-8-15(14)19/h2-9,17,19H,10-11H2,1H3,(H,18,20). The maximum absolute atomic E-state index is 12.0. The van der Waals surface area contributed by atoms with Gasteiger partial charge < -0.3 is 10.4 Å². The molecule has 0 unspecified atom stereocenters. The first-order valence-electron chi connectivity index (χ1n) is 6.96. The number of phenols is 1. The van der Waals surface area contributed by atoms with Crippen molar-refractivity contribution in [2.45, 2.75) is 12.3 Å². The Labute approximate surface area is 135 Å². The van der Waals surface area contributed by atoms with Gasteiger partial charge in [-0.2, -0.15) is 0 Å². The van der Waals surface area contributed by atoms with Crippen molar-refractivity contribution in [1.82, 2.24) is 10.0 Å². The fourth-order valence-electron chi connectivity index (χ4n) is 2.06. The predicted octanol–water partition coefficient (Wildman–Crippen LogP) is 1.37. The van der Waals surface area contributed by atoms with Crippen LogP contribution in [0.4, 0.5) is 0 Å². The monoisotopic (exact) mass is 334 g/mol. The maximum atomic E-state index is 12.0. The van der Waals surface area contributed by atoms with E-state index in [1.54, 1.807) is 36.4 Å². The summed E-state index contributed by atoms with van der Waals surface area (Å²) in [6, 6.07) is 13.2. The van der Waals surface area contributed by atoms with Gasteiger partial charge in [0.2, 0.25) is 10.0 Å². The molecule has 0 aliphatic carbocycles. The van der Waals surface area contributed by atoms with Gasteiger partial charge >= 0.3 is 0 Å². The third kappa shape index (κ3) is 4.80. The van der Waals surface area contributed by atoms with E-state index < -0.39 is 15.9 Å². The first-order chi connectivity index (χ1) is 10.9. The number of aromatic hydroxyl groups is 1. The van der Waals surface area contributed by atoms with Crippen LogP contribution in [0.1, 0.15) is 21.5 Å².